The first-order chi connectivity index (χ1) is 30.3. The Hall–Kier alpha value is -8.28. The van der Waals surface area contributed by atoms with E-state index in [1.807, 2.05) is 12.3 Å². The highest BCUT2D eigenvalue weighted by molar-refractivity contribution is 7.26. The van der Waals surface area contributed by atoms with Gasteiger partial charge in [-0.3, -0.25) is 26.9 Å². The van der Waals surface area contributed by atoms with Gasteiger partial charge in [0.05, 0.1) is 76.8 Å². The third kappa shape index (κ3) is 3.91. The van der Waals surface area contributed by atoms with Gasteiger partial charge in [-0.25, -0.2) is 19.9 Å². The van der Waals surface area contributed by atoms with Crippen LogP contribution in [-0.4, -0.2) is 46.8 Å². The zero-order valence-electron chi connectivity index (χ0n) is 32.0. The second-order valence-corrected chi connectivity index (χ2v) is 16.7. The van der Waals surface area contributed by atoms with Gasteiger partial charge in [-0.15, -0.1) is 11.3 Å². The molecule has 61 heavy (non-hydrogen) atoms. The van der Waals surface area contributed by atoms with Gasteiger partial charge < -0.3 is 0 Å². The Kier molecular flexibility index (Phi) is 5.85. The minimum atomic E-state index is 0.768. The number of para-hydroxylation sites is 10. The van der Waals surface area contributed by atoms with Gasteiger partial charge >= 0.3 is 0 Å². The molecule has 0 unspecified atom stereocenters. The van der Waals surface area contributed by atoms with E-state index in [4.69, 9.17) is 19.9 Å². The van der Waals surface area contributed by atoms with Crippen molar-refractivity contribution in [2.45, 2.75) is 0 Å². The third-order valence-corrected chi connectivity index (χ3v) is 13.7. The van der Waals surface area contributed by atoms with Crippen LogP contribution in [0.15, 0.2) is 170 Å². The second-order valence-electron chi connectivity index (χ2n) is 15.6. The molecule has 0 aliphatic rings. The Bertz CT molecular complexity index is 4370. The van der Waals surface area contributed by atoms with Crippen LogP contribution in [0, 0.1) is 0 Å². The van der Waals surface area contributed by atoms with Gasteiger partial charge in [0.2, 0.25) is 17.3 Å². The Morgan fingerprint density at radius 1 is 0.377 bits per heavy atom. The molecule has 0 fully saturated rings. The maximum absolute atomic E-state index is 5.70. The number of aromatic nitrogens is 10. The third-order valence-electron chi connectivity index (χ3n) is 12.5. The summed E-state index contributed by atoms with van der Waals surface area (Å²) in [5, 5.41) is 2.38. The summed E-state index contributed by atoms with van der Waals surface area (Å²) in [7, 11) is 0. The van der Waals surface area contributed by atoms with Crippen molar-refractivity contribution in [2.75, 3.05) is 0 Å². The molecule has 0 bridgehead atoms. The largest absolute Gasteiger partial charge is 0.276 e. The SMILES string of the molecule is c1ccc2c(c1)nc1n(-c3cccc4c3nc3n(-c5nccc6c5sc5ccccc56)c5c(-n6c7ccccc7n7c8ccccc8nc67)cccc5n43)c3ccccc3n21. The fourth-order valence-electron chi connectivity index (χ4n) is 10.0. The summed E-state index contributed by atoms with van der Waals surface area (Å²) in [4.78, 5) is 21.4. The van der Waals surface area contributed by atoms with Crippen molar-refractivity contribution in [1.82, 2.24) is 46.8 Å². The van der Waals surface area contributed by atoms with Crippen LogP contribution in [0.2, 0.25) is 0 Å². The zero-order valence-corrected chi connectivity index (χ0v) is 32.9. The molecule has 0 amide bonds. The number of benzene rings is 7. The lowest BCUT2D eigenvalue weighted by Gasteiger charge is -2.12. The van der Waals surface area contributed by atoms with Gasteiger partial charge in [0.1, 0.15) is 5.52 Å². The van der Waals surface area contributed by atoms with E-state index in [0.717, 1.165) is 105 Å². The quantitative estimate of drug-likeness (QED) is 0.178. The first kappa shape index (κ1) is 31.7. The van der Waals surface area contributed by atoms with Crippen molar-refractivity contribution in [3.63, 3.8) is 0 Å². The Balaban J connectivity index is 1.12. The molecule has 0 aliphatic heterocycles. The number of hydrogen-bond acceptors (Lipinski definition) is 5. The summed E-state index contributed by atoms with van der Waals surface area (Å²) in [5.41, 5.74) is 14.1. The average Bonchev–Trinajstić information content (AvgIpc) is 4.17. The van der Waals surface area contributed by atoms with Crippen LogP contribution in [0.25, 0.3) is 121 Å². The normalized spacial score (nSPS) is 12.6. The van der Waals surface area contributed by atoms with Crippen molar-refractivity contribution < 1.29 is 0 Å². The fraction of sp³-hybridized carbons (Fsp3) is 0. The molecule has 11 heteroatoms. The number of imidazole rings is 6. The van der Waals surface area contributed by atoms with Gasteiger partial charge in [0.15, 0.2) is 5.82 Å². The van der Waals surface area contributed by atoms with Gasteiger partial charge in [0.25, 0.3) is 0 Å². The lowest BCUT2D eigenvalue weighted by molar-refractivity contribution is 1.04. The van der Waals surface area contributed by atoms with Gasteiger partial charge in [-0.05, 0) is 84.9 Å². The zero-order chi connectivity index (χ0) is 39.5. The Labute approximate surface area is 347 Å². The smallest absolute Gasteiger partial charge is 0.222 e. The highest BCUT2D eigenvalue weighted by Crippen LogP contribution is 2.42. The molecule has 0 spiro atoms. The Morgan fingerprint density at radius 2 is 0.902 bits per heavy atom. The molecular weight excluding hydrogens is 773 g/mol. The summed E-state index contributed by atoms with van der Waals surface area (Å²) in [6.45, 7) is 0. The lowest BCUT2D eigenvalue weighted by atomic mass is 10.2. The molecule has 0 saturated carbocycles. The summed E-state index contributed by atoms with van der Waals surface area (Å²) in [6, 6.07) is 57.6. The molecule has 0 aliphatic carbocycles. The molecule has 8 heterocycles. The van der Waals surface area contributed by atoms with Crippen LogP contribution in [0.1, 0.15) is 0 Å². The van der Waals surface area contributed by atoms with E-state index in [9.17, 15) is 0 Å². The van der Waals surface area contributed by atoms with Crippen molar-refractivity contribution in [2.24, 2.45) is 0 Å². The molecule has 0 radical (unpaired) electrons. The molecule has 284 valence electrons. The molecule has 0 atom stereocenters. The first-order valence-corrected chi connectivity index (χ1v) is 21.1. The lowest BCUT2D eigenvalue weighted by Crippen LogP contribution is -2.03. The molecule has 0 saturated heterocycles. The van der Waals surface area contributed by atoms with E-state index in [-0.39, 0.29) is 0 Å². The highest BCUT2D eigenvalue weighted by atomic mass is 32.1. The van der Waals surface area contributed by atoms with Crippen LogP contribution in [0.3, 0.4) is 0 Å². The predicted molar refractivity (Wildman–Crippen MR) is 246 cm³/mol. The van der Waals surface area contributed by atoms with Gasteiger partial charge in [-0.1, -0.05) is 78.9 Å². The van der Waals surface area contributed by atoms with Gasteiger partial charge in [-0.2, -0.15) is 0 Å². The van der Waals surface area contributed by atoms with Crippen LogP contribution in [-0.2, 0) is 0 Å². The van der Waals surface area contributed by atoms with E-state index in [2.05, 4.69) is 185 Å². The van der Waals surface area contributed by atoms with Gasteiger partial charge in [0, 0.05) is 21.7 Å². The maximum Gasteiger partial charge on any atom is 0.222 e. The number of hydrogen-bond donors (Lipinski definition) is 0. The molecule has 0 N–H and O–H groups in total. The Morgan fingerprint density at radius 3 is 1.61 bits per heavy atom. The number of pyridine rings is 1. The standard InChI is InChI=1S/C50H28N10S/c1-10-26-43-29(13-1)30-27-28-51-47(46(30)61-43)60-45-41(58-38-21-9-7-19-36(38)56-34-17-5-3-15-32(34)53-49(56)58)24-12-25-42(45)59-40-23-11-22-39(44(40)54-50(59)60)57-37-20-8-6-18-35(37)55-33-16-4-2-14-31(33)52-48(55)57/h1-28H. The summed E-state index contributed by atoms with van der Waals surface area (Å²) < 4.78 is 16.0. The molecule has 10 nitrogen and oxygen atoms in total. The van der Waals surface area contributed by atoms with Crippen LogP contribution >= 0.6 is 11.3 Å². The fourth-order valence-corrected chi connectivity index (χ4v) is 11.2. The van der Waals surface area contributed by atoms with E-state index in [1.165, 1.54) is 15.5 Å². The first-order valence-electron chi connectivity index (χ1n) is 20.3. The monoisotopic (exact) mass is 800 g/mol. The van der Waals surface area contributed by atoms with Crippen molar-refractivity contribution >= 4 is 115 Å². The molecule has 15 aromatic rings. The molecular formula is C50H28N10S. The minimum absolute atomic E-state index is 0.768. The number of nitrogens with zero attached hydrogens (tertiary/aromatic N) is 10. The second kappa shape index (κ2) is 11.3. The van der Waals surface area contributed by atoms with E-state index in [0.29, 0.717) is 0 Å². The van der Waals surface area contributed by atoms with E-state index in [1.54, 1.807) is 11.3 Å². The number of thiophene rings is 1. The number of rotatable bonds is 3. The highest BCUT2D eigenvalue weighted by Gasteiger charge is 2.28. The van der Waals surface area contributed by atoms with Crippen LogP contribution < -0.4 is 0 Å². The minimum Gasteiger partial charge on any atom is -0.276 e. The van der Waals surface area contributed by atoms with Crippen molar-refractivity contribution in [3.8, 4) is 17.2 Å². The van der Waals surface area contributed by atoms with Crippen molar-refractivity contribution in [1.29, 1.82) is 0 Å². The summed E-state index contributed by atoms with van der Waals surface area (Å²) >= 11 is 1.77. The van der Waals surface area contributed by atoms with Crippen LogP contribution in [0.4, 0.5) is 0 Å². The van der Waals surface area contributed by atoms with E-state index >= 15 is 0 Å². The number of fused-ring (bicyclic) bond motifs is 18. The summed E-state index contributed by atoms with van der Waals surface area (Å²) in [5.74, 6) is 3.28. The molecule has 8 aromatic heterocycles. The predicted octanol–water partition coefficient (Wildman–Crippen LogP) is 11.7. The maximum atomic E-state index is 5.70. The summed E-state index contributed by atoms with van der Waals surface area (Å²) in [6.07, 6.45) is 1.94. The topological polar surface area (TPSA) is 79.6 Å². The average molecular weight is 801 g/mol. The van der Waals surface area contributed by atoms with E-state index < -0.39 is 0 Å². The van der Waals surface area contributed by atoms with Crippen molar-refractivity contribution in [3.05, 3.63) is 170 Å². The molecule has 15 rings (SSSR count). The molecule has 7 aromatic carbocycles. The van der Waals surface area contributed by atoms with Crippen LogP contribution in [0.5, 0.6) is 0 Å².